The first-order valence-corrected chi connectivity index (χ1v) is 8.54. The van der Waals surface area contributed by atoms with Gasteiger partial charge in [0.15, 0.2) is 0 Å². The summed E-state index contributed by atoms with van der Waals surface area (Å²) in [6, 6.07) is 11.8. The number of hydrogen-bond acceptors (Lipinski definition) is 2. The van der Waals surface area contributed by atoms with Gasteiger partial charge >= 0.3 is 0 Å². The zero-order valence-corrected chi connectivity index (χ0v) is 14.2. The number of rotatable bonds is 6. The van der Waals surface area contributed by atoms with Gasteiger partial charge in [-0.1, -0.05) is 44.2 Å². The lowest BCUT2D eigenvalue weighted by atomic mass is 9.72. The monoisotopic (exact) mass is 288 g/mol. The first-order chi connectivity index (χ1) is 10.0. The molecule has 0 aliphatic carbocycles. The molecule has 118 valence electrons. The average molecular weight is 288 g/mol. The van der Waals surface area contributed by atoms with Crippen molar-refractivity contribution in [2.45, 2.75) is 52.0 Å². The molecule has 0 atom stereocenters. The lowest BCUT2D eigenvalue weighted by Gasteiger charge is -2.43. The lowest BCUT2D eigenvalue weighted by molar-refractivity contribution is 0.130. The van der Waals surface area contributed by atoms with Gasteiger partial charge in [-0.3, -0.25) is 4.90 Å². The van der Waals surface area contributed by atoms with Gasteiger partial charge in [0.25, 0.3) is 0 Å². The van der Waals surface area contributed by atoms with E-state index in [1.807, 2.05) is 0 Å². The maximum absolute atomic E-state index is 3.53. The maximum Gasteiger partial charge on any atom is 0.0104 e. The van der Waals surface area contributed by atoms with Gasteiger partial charge in [0.05, 0.1) is 0 Å². The normalized spacial score (nSPS) is 18.6. The molecule has 0 bridgehead atoms. The smallest absolute Gasteiger partial charge is 0.0104 e. The highest BCUT2D eigenvalue weighted by molar-refractivity contribution is 5.27. The number of hydrogen-bond donors (Lipinski definition) is 1. The Morgan fingerprint density at radius 3 is 2.19 bits per heavy atom. The van der Waals surface area contributed by atoms with Crippen molar-refractivity contribution in [1.82, 2.24) is 10.2 Å². The molecule has 0 saturated carbocycles. The van der Waals surface area contributed by atoms with E-state index in [4.69, 9.17) is 0 Å². The Kier molecular flexibility index (Phi) is 5.83. The standard InChI is InChI=1S/C19H32N2/c1-16(2)14-21(17(3)4)15-19(10-12-20-13-11-19)18-8-6-5-7-9-18/h5-9,16-17,20H,10-15H2,1-4H3. The van der Waals surface area contributed by atoms with Gasteiger partial charge < -0.3 is 5.32 Å². The Hall–Kier alpha value is -0.860. The van der Waals surface area contributed by atoms with Crippen molar-refractivity contribution in [2.24, 2.45) is 5.92 Å². The lowest BCUT2D eigenvalue weighted by Crippen LogP contribution is -2.50. The minimum atomic E-state index is 0.325. The molecule has 0 unspecified atom stereocenters. The average Bonchev–Trinajstić information content (AvgIpc) is 2.48. The van der Waals surface area contributed by atoms with E-state index in [0.29, 0.717) is 11.5 Å². The highest BCUT2D eigenvalue weighted by Crippen LogP contribution is 2.35. The van der Waals surface area contributed by atoms with Crippen molar-refractivity contribution in [3.63, 3.8) is 0 Å². The molecule has 1 aliphatic heterocycles. The van der Waals surface area contributed by atoms with E-state index in [2.05, 4.69) is 68.2 Å². The van der Waals surface area contributed by atoms with Gasteiger partial charge in [-0.05, 0) is 51.3 Å². The molecule has 21 heavy (non-hydrogen) atoms. The predicted molar refractivity (Wildman–Crippen MR) is 91.8 cm³/mol. The van der Waals surface area contributed by atoms with Crippen LogP contribution in [0.1, 0.15) is 46.1 Å². The fourth-order valence-electron chi connectivity index (χ4n) is 3.55. The topological polar surface area (TPSA) is 15.3 Å². The van der Waals surface area contributed by atoms with Crippen LogP contribution in [0, 0.1) is 5.92 Å². The summed E-state index contributed by atoms with van der Waals surface area (Å²) < 4.78 is 0. The second kappa shape index (κ2) is 7.42. The third-order valence-electron chi connectivity index (χ3n) is 4.78. The van der Waals surface area contributed by atoms with Crippen LogP contribution in [0.5, 0.6) is 0 Å². The zero-order valence-electron chi connectivity index (χ0n) is 14.2. The largest absolute Gasteiger partial charge is 0.317 e. The quantitative estimate of drug-likeness (QED) is 0.859. The summed E-state index contributed by atoms with van der Waals surface area (Å²) in [5.74, 6) is 0.724. The highest BCUT2D eigenvalue weighted by Gasteiger charge is 2.36. The van der Waals surface area contributed by atoms with E-state index in [-0.39, 0.29) is 0 Å². The predicted octanol–water partition coefficient (Wildman–Crippen LogP) is 3.67. The Morgan fingerprint density at radius 1 is 1.05 bits per heavy atom. The second-order valence-corrected chi connectivity index (χ2v) is 7.31. The SMILES string of the molecule is CC(C)CN(CC1(c2ccccc2)CCNCC1)C(C)C. The van der Waals surface area contributed by atoms with Crippen LogP contribution in [0.2, 0.25) is 0 Å². The maximum atomic E-state index is 3.53. The minimum Gasteiger partial charge on any atom is -0.317 e. The van der Waals surface area contributed by atoms with Gasteiger partial charge in [0.1, 0.15) is 0 Å². The van der Waals surface area contributed by atoms with Crippen LogP contribution in [0.4, 0.5) is 0 Å². The summed E-state index contributed by atoms with van der Waals surface area (Å²) in [5, 5.41) is 3.53. The van der Waals surface area contributed by atoms with Crippen LogP contribution in [0.25, 0.3) is 0 Å². The third-order valence-corrected chi connectivity index (χ3v) is 4.78. The number of benzene rings is 1. The second-order valence-electron chi connectivity index (χ2n) is 7.31. The molecule has 2 nitrogen and oxygen atoms in total. The van der Waals surface area contributed by atoms with Gasteiger partial charge in [-0.15, -0.1) is 0 Å². The van der Waals surface area contributed by atoms with Crippen molar-refractivity contribution in [3.05, 3.63) is 35.9 Å². The molecular formula is C19H32N2. The van der Waals surface area contributed by atoms with Crippen molar-refractivity contribution in [1.29, 1.82) is 0 Å². The fraction of sp³-hybridized carbons (Fsp3) is 0.684. The minimum absolute atomic E-state index is 0.325. The van der Waals surface area contributed by atoms with E-state index in [1.54, 1.807) is 0 Å². The number of piperidine rings is 1. The molecule has 2 rings (SSSR count). The molecule has 1 saturated heterocycles. The van der Waals surface area contributed by atoms with Gasteiger partial charge in [-0.25, -0.2) is 0 Å². The molecule has 0 radical (unpaired) electrons. The Morgan fingerprint density at radius 2 is 1.67 bits per heavy atom. The van der Waals surface area contributed by atoms with Crippen molar-refractivity contribution >= 4 is 0 Å². The summed E-state index contributed by atoms with van der Waals surface area (Å²) in [6.45, 7) is 14.0. The number of nitrogens with one attached hydrogen (secondary N) is 1. The number of nitrogens with zero attached hydrogens (tertiary/aromatic N) is 1. The fourth-order valence-corrected chi connectivity index (χ4v) is 3.55. The molecule has 2 heteroatoms. The molecule has 0 amide bonds. The van der Waals surface area contributed by atoms with Crippen LogP contribution in [0.15, 0.2) is 30.3 Å². The molecule has 1 aromatic carbocycles. The highest BCUT2D eigenvalue weighted by atomic mass is 15.2. The van der Waals surface area contributed by atoms with Crippen molar-refractivity contribution in [3.8, 4) is 0 Å². The molecule has 1 N–H and O–H groups in total. The Bertz CT molecular complexity index is 405. The van der Waals surface area contributed by atoms with Crippen LogP contribution in [0.3, 0.4) is 0 Å². The first kappa shape index (κ1) is 16.5. The van der Waals surface area contributed by atoms with Gasteiger partial charge in [0, 0.05) is 24.5 Å². The van der Waals surface area contributed by atoms with Gasteiger partial charge in [-0.2, -0.15) is 0 Å². The van der Waals surface area contributed by atoms with E-state index in [1.165, 1.54) is 31.5 Å². The zero-order chi connectivity index (χ0) is 15.3. The summed E-state index contributed by atoms with van der Waals surface area (Å²) >= 11 is 0. The molecule has 1 fully saturated rings. The van der Waals surface area contributed by atoms with Crippen LogP contribution >= 0.6 is 0 Å². The molecule has 0 spiro atoms. The third kappa shape index (κ3) is 4.31. The molecule has 1 aliphatic rings. The Balaban J connectivity index is 2.23. The molecule has 0 aromatic heterocycles. The molecule has 1 aromatic rings. The van der Waals surface area contributed by atoms with Crippen LogP contribution in [-0.2, 0) is 5.41 Å². The summed E-state index contributed by atoms with van der Waals surface area (Å²) in [6.07, 6.45) is 2.50. The summed E-state index contributed by atoms with van der Waals surface area (Å²) in [5.41, 5.74) is 1.85. The summed E-state index contributed by atoms with van der Waals surface area (Å²) in [7, 11) is 0. The van der Waals surface area contributed by atoms with Crippen LogP contribution < -0.4 is 5.32 Å². The first-order valence-electron chi connectivity index (χ1n) is 8.54. The Labute approximate surface area is 130 Å². The summed E-state index contributed by atoms with van der Waals surface area (Å²) in [4.78, 5) is 2.68. The van der Waals surface area contributed by atoms with E-state index >= 15 is 0 Å². The van der Waals surface area contributed by atoms with Gasteiger partial charge in [0.2, 0.25) is 0 Å². The van der Waals surface area contributed by atoms with Crippen molar-refractivity contribution < 1.29 is 0 Å². The van der Waals surface area contributed by atoms with Crippen molar-refractivity contribution in [2.75, 3.05) is 26.2 Å². The van der Waals surface area contributed by atoms with Crippen LogP contribution in [-0.4, -0.2) is 37.1 Å². The van der Waals surface area contributed by atoms with E-state index in [9.17, 15) is 0 Å². The molecular weight excluding hydrogens is 256 g/mol. The van der Waals surface area contributed by atoms with E-state index in [0.717, 1.165) is 19.0 Å². The molecule has 1 heterocycles. The van der Waals surface area contributed by atoms with E-state index < -0.39 is 0 Å².